The number of hydrogen-bond donors (Lipinski definition) is 6. The highest BCUT2D eigenvalue weighted by molar-refractivity contribution is 6.67. The fourth-order valence-electron chi connectivity index (χ4n) is 2.79. The van der Waals surface area contributed by atoms with E-state index in [1.54, 1.807) is 0 Å². The first-order chi connectivity index (χ1) is 17.9. The van der Waals surface area contributed by atoms with E-state index in [0.29, 0.717) is 6.54 Å². The molecule has 2 rings (SSSR count). The Morgan fingerprint density at radius 1 is 0.974 bits per heavy atom. The second-order valence-corrected chi connectivity index (χ2v) is 10.1. The van der Waals surface area contributed by atoms with Crippen molar-refractivity contribution in [3.63, 3.8) is 0 Å². The normalized spacial score (nSPS) is 11.6. The van der Waals surface area contributed by atoms with Gasteiger partial charge in [-0.25, -0.2) is 14.4 Å². The molecule has 38 heavy (non-hydrogen) atoms. The van der Waals surface area contributed by atoms with Crippen LogP contribution in [-0.4, -0.2) is 70.4 Å². The van der Waals surface area contributed by atoms with Crippen molar-refractivity contribution in [2.45, 2.75) is 16.4 Å². The molecule has 0 aliphatic rings. The predicted molar refractivity (Wildman–Crippen MR) is 139 cm³/mol. The lowest BCUT2D eigenvalue weighted by atomic mass is 10.1. The Kier molecular flexibility index (Phi) is 12.1. The smallest absolute Gasteiger partial charge is 0.408 e. The maximum Gasteiger partial charge on any atom is 0.408 e. The van der Waals surface area contributed by atoms with Crippen molar-refractivity contribution >= 4 is 58.8 Å². The molecule has 0 aliphatic carbocycles. The Balaban J connectivity index is 1.76. The molecule has 0 fully saturated rings. The molecular formula is C23H25Cl3N4O8. The average Bonchev–Trinajstić information content (AvgIpc) is 2.86. The summed E-state index contributed by atoms with van der Waals surface area (Å²) in [6.07, 6.45) is -1.18. The molecule has 15 heteroatoms. The van der Waals surface area contributed by atoms with E-state index in [4.69, 9.17) is 39.5 Å². The number of aromatic hydroxyl groups is 1. The van der Waals surface area contributed by atoms with E-state index in [1.165, 1.54) is 18.2 Å². The first-order valence-electron chi connectivity index (χ1n) is 11.0. The minimum atomic E-state index is -1.88. The summed E-state index contributed by atoms with van der Waals surface area (Å²) >= 11 is 16.4. The second-order valence-electron chi connectivity index (χ2n) is 7.56. The number of hydrogen-bond acceptors (Lipinski definition) is 7. The van der Waals surface area contributed by atoms with E-state index >= 15 is 0 Å². The molecule has 6 N–H and O–H groups in total. The van der Waals surface area contributed by atoms with E-state index in [-0.39, 0.29) is 30.5 Å². The van der Waals surface area contributed by atoms with Crippen LogP contribution in [0.3, 0.4) is 0 Å². The molecule has 0 saturated heterocycles. The quantitative estimate of drug-likeness (QED) is 0.161. The lowest BCUT2D eigenvalue weighted by Gasteiger charge is -2.17. The van der Waals surface area contributed by atoms with Crippen molar-refractivity contribution in [2.24, 2.45) is 0 Å². The van der Waals surface area contributed by atoms with E-state index < -0.39 is 46.7 Å². The first kappa shape index (κ1) is 30.6. The Morgan fingerprint density at radius 3 is 2.32 bits per heavy atom. The second kappa shape index (κ2) is 15.0. The van der Waals surface area contributed by atoms with Crippen LogP contribution < -0.4 is 26.0 Å². The van der Waals surface area contributed by atoms with Crippen LogP contribution >= 0.6 is 34.8 Å². The fraction of sp³-hybridized carbons (Fsp3) is 0.304. The molecule has 0 heterocycles. The molecule has 2 aromatic carbocycles. The molecule has 0 spiro atoms. The zero-order chi connectivity index (χ0) is 28.1. The zero-order valence-electron chi connectivity index (χ0n) is 19.7. The number of amides is 4. The number of alkyl carbamates (subject to hydrolysis) is 1. The van der Waals surface area contributed by atoms with Crippen LogP contribution in [0, 0.1) is 0 Å². The number of phenolic OH excluding ortho intramolecular Hbond substituents is 1. The number of nitrogens with one attached hydrogen (secondary N) is 4. The summed E-state index contributed by atoms with van der Waals surface area (Å²) in [5.74, 6) is -2.48. The number of ether oxygens (including phenoxy) is 2. The summed E-state index contributed by atoms with van der Waals surface area (Å²) in [7, 11) is 0. The van der Waals surface area contributed by atoms with Crippen molar-refractivity contribution in [3.8, 4) is 11.5 Å². The lowest BCUT2D eigenvalue weighted by molar-refractivity contribution is -0.139. The van der Waals surface area contributed by atoms with Gasteiger partial charge < -0.3 is 41.0 Å². The van der Waals surface area contributed by atoms with Crippen LogP contribution in [0.4, 0.5) is 9.59 Å². The van der Waals surface area contributed by atoms with Gasteiger partial charge in [-0.05, 0) is 17.7 Å². The maximum absolute atomic E-state index is 12.4. The number of carbonyl (C=O) groups excluding carboxylic acids is 3. The molecule has 0 aliphatic heterocycles. The summed E-state index contributed by atoms with van der Waals surface area (Å²) in [6, 6.07) is 11.3. The molecule has 0 aromatic heterocycles. The molecule has 1 atom stereocenters. The minimum absolute atomic E-state index is 0.0874. The van der Waals surface area contributed by atoms with Gasteiger partial charge >= 0.3 is 18.1 Å². The molecule has 0 unspecified atom stereocenters. The number of rotatable bonds is 12. The van der Waals surface area contributed by atoms with E-state index in [2.05, 4.69) is 20.7 Å². The van der Waals surface area contributed by atoms with Gasteiger partial charge in [-0.15, -0.1) is 0 Å². The average molecular weight is 592 g/mol. The molecule has 0 saturated carbocycles. The third-order valence-corrected chi connectivity index (χ3v) is 4.92. The number of halogens is 3. The summed E-state index contributed by atoms with van der Waals surface area (Å²) < 4.78 is 8.16. The minimum Gasteiger partial charge on any atom is -0.507 e. The first-order valence-corrected chi connectivity index (χ1v) is 12.1. The maximum atomic E-state index is 12.4. The van der Waals surface area contributed by atoms with Gasteiger partial charge in [0.05, 0.1) is 12.1 Å². The fourth-order valence-corrected chi connectivity index (χ4v) is 2.95. The summed E-state index contributed by atoms with van der Waals surface area (Å²) in [6.45, 7) is -0.523. The monoisotopic (exact) mass is 590 g/mol. The van der Waals surface area contributed by atoms with Gasteiger partial charge in [0, 0.05) is 19.2 Å². The van der Waals surface area contributed by atoms with Crippen molar-refractivity contribution in [1.82, 2.24) is 21.3 Å². The van der Waals surface area contributed by atoms with Crippen LogP contribution in [0.25, 0.3) is 0 Å². The van der Waals surface area contributed by atoms with Gasteiger partial charge in [-0.1, -0.05) is 65.1 Å². The number of carboxylic acids is 1. The molecular weight excluding hydrogens is 567 g/mol. The Morgan fingerprint density at radius 2 is 1.68 bits per heavy atom. The zero-order valence-corrected chi connectivity index (χ0v) is 22.0. The van der Waals surface area contributed by atoms with Crippen LogP contribution in [0.5, 0.6) is 11.5 Å². The molecule has 206 valence electrons. The number of urea groups is 1. The highest BCUT2D eigenvalue weighted by atomic mass is 35.6. The number of alkyl halides is 3. The summed E-state index contributed by atoms with van der Waals surface area (Å²) in [5.41, 5.74) is 0.784. The van der Waals surface area contributed by atoms with Crippen molar-refractivity contribution in [2.75, 3.05) is 26.3 Å². The number of benzene rings is 2. The van der Waals surface area contributed by atoms with Crippen molar-refractivity contribution in [3.05, 3.63) is 59.7 Å². The van der Waals surface area contributed by atoms with Gasteiger partial charge in [0.15, 0.2) is 0 Å². The number of phenols is 1. The Hall–Kier alpha value is -3.61. The number of carboxylic acid groups (broad SMARTS) is 1. The highest BCUT2D eigenvalue weighted by Gasteiger charge is 2.26. The van der Waals surface area contributed by atoms with Crippen molar-refractivity contribution < 1.29 is 38.9 Å². The number of aliphatic carboxylic acids is 1. The van der Waals surface area contributed by atoms with Crippen LogP contribution in [0.15, 0.2) is 48.5 Å². The standard InChI is InChI=1S/C23H25Cl3N4O8/c24-23(25,26)13-38-22(36)30-17(20(33)34)12-28-19(32)16-7-6-15(10-18(16)31)37-9-8-27-21(35)29-11-14-4-2-1-3-5-14/h1-7,10,17,31H,8-9,11-13H2,(H,28,32)(H,30,36)(H,33,34)(H2,27,29,35)/t17-/m0/s1. The highest BCUT2D eigenvalue weighted by Crippen LogP contribution is 2.26. The lowest BCUT2D eigenvalue weighted by Crippen LogP contribution is -2.48. The van der Waals surface area contributed by atoms with Gasteiger partial charge in [0.25, 0.3) is 5.91 Å². The van der Waals surface area contributed by atoms with E-state index in [1.807, 2.05) is 35.6 Å². The summed E-state index contributed by atoms with van der Waals surface area (Å²) in [4.78, 5) is 47.3. The third kappa shape index (κ3) is 11.6. The molecule has 0 radical (unpaired) electrons. The van der Waals surface area contributed by atoms with Crippen LogP contribution in [-0.2, 0) is 16.1 Å². The molecule has 12 nitrogen and oxygen atoms in total. The SMILES string of the molecule is O=C(NCCOc1ccc(C(=O)NC[C@H](NC(=O)OCC(Cl)(Cl)Cl)C(=O)O)c(O)c1)NCc1ccccc1. The predicted octanol–water partition coefficient (Wildman–Crippen LogP) is 2.55. The van der Waals surface area contributed by atoms with Crippen molar-refractivity contribution in [1.29, 1.82) is 0 Å². The van der Waals surface area contributed by atoms with Crippen LogP contribution in [0.2, 0.25) is 0 Å². The molecule has 0 bridgehead atoms. The van der Waals surface area contributed by atoms with Crippen LogP contribution in [0.1, 0.15) is 15.9 Å². The molecule has 2 aromatic rings. The van der Waals surface area contributed by atoms with Gasteiger partial charge in [-0.2, -0.15) is 0 Å². The van der Waals surface area contributed by atoms with Gasteiger partial charge in [-0.3, -0.25) is 4.79 Å². The van der Waals surface area contributed by atoms with E-state index in [0.717, 1.165) is 5.56 Å². The van der Waals surface area contributed by atoms with Gasteiger partial charge in [0.1, 0.15) is 30.8 Å². The molecule has 4 amide bonds. The summed E-state index contributed by atoms with van der Waals surface area (Å²) in [5, 5.41) is 29.0. The number of carbonyl (C=O) groups is 4. The topological polar surface area (TPSA) is 175 Å². The Labute approximate surface area is 232 Å². The largest absolute Gasteiger partial charge is 0.507 e. The van der Waals surface area contributed by atoms with Gasteiger partial charge in [0.2, 0.25) is 3.79 Å². The van der Waals surface area contributed by atoms with E-state index in [9.17, 15) is 29.4 Å². The third-order valence-electron chi connectivity index (χ3n) is 4.59. The Bertz CT molecular complexity index is 1120.